The summed E-state index contributed by atoms with van der Waals surface area (Å²) in [6, 6.07) is 10.3. The van der Waals surface area contributed by atoms with E-state index in [2.05, 4.69) is 27.2 Å². The van der Waals surface area contributed by atoms with Crippen LogP contribution in [0.5, 0.6) is 0 Å². The Morgan fingerprint density at radius 1 is 1.32 bits per heavy atom. The van der Waals surface area contributed by atoms with Crippen LogP contribution in [0.2, 0.25) is 0 Å². The quantitative estimate of drug-likeness (QED) is 0.877. The van der Waals surface area contributed by atoms with Crippen molar-refractivity contribution in [1.82, 2.24) is 15.1 Å². The molecule has 0 radical (unpaired) electrons. The molecule has 1 aliphatic heterocycles. The van der Waals surface area contributed by atoms with Gasteiger partial charge in [0.25, 0.3) is 0 Å². The lowest BCUT2D eigenvalue weighted by Gasteiger charge is -2.29. The van der Waals surface area contributed by atoms with Crippen LogP contribution < -0.4 is 0 Å². The van der Waals surface area contributed by atoms with Crippen LogP contribution in [0.4, 0.5) is 0 Å². The van der Waals surface area contributed by atoms with E-state index in [4.69, 9.17) is 0 Å². The van der Waals surface area contributed by atoms with Crippen LogP contribution in [0.15, 0.2) is 48.8 Å². The third kappa shape index (κ3) is 2.92. The minimum absolute atomic E-state index is 0.414. The third-order valence-corrected chi connectivity index (χ3v) is 3.35. The summed E-state index contributed by atoms with van der Waals surface area (Å²) in [6.07, 6.45) is 5.17. The Labute approximate surface area is 112 Å². The summed E-state index contributed by atoms with van der Waals surface area (Å²) in [7, 11) is 0. The van der Waals surface area contributed by atoms with E-state index >= 15 is 0 Å². The standard InChI is InChI=1S/C15H17N3O/c19-15-6-13(14-7-16-17-8-14)10-18(11-15)9-12-4-2-1-3-5-12/h1-8,15,19H,9-11H2,(H,16,17). The van der Waals surface area contributed by atoms with Gasteiger partial charge in [-0.05, 0) is 17.2 Å². The number of H-pyrrole nitrogens is 1. The molecule has 98 valence electrons. The Balaban J connectivity index is 1.74. The highest BCUT2D eigenvalue weighted by atomic mass is 16.3. The molecule has 1 atom stereocenters. The van der Waals surface area contributed by atoms with E-state index in [9.17, 15) is 5.11 Å². The zero-order chi connectivity index (χ0) is 13.1. The Bertz CT molecular complexity index is 548. The zero-order valence-electron chi connectivity index (χ0n) is 10.7. The molecule has 0 aliphatic carbocycles. The van der Waals surface area contributed by atoms with Gasteiger partial charge in [-0.15, -0.1) is 0 Å². The van der Waals surface area contributed by atoms with Crippen molar-refractivity contribution >= 4 is 5.57 Å². The molecule has 0 fully saturated rings. The van der Waals surface area contributed by atoms with Gasteiger partial charge in [0.1, 0.15) is 0 Å². The number of benzene rings is 1. The summed E-state index contributed by atoms with van der Waals surface area (Å²) in [5.74, 6) is 0. The van der Waals surface area contributed by atoms with Gasteiger partial charge in [-0.1, -0.05) is 30.3 Å². The minimum Gasteiger partial charge on any atom is -0.388 e. The molecule has 2 N–H and O–H groups in total. The van der Waals surface area contributed by atoms with Crippen molar-refractivity contribution < 1.29 is 5.11 Å². The highest BCUT2D eigenvalue weighted by Gasteiger charge is 2.19. The average Bonchev–Trinajstić information content (AvgIpc) is 2.93. The number of aromatic amines is 1. The molecule has 0 amide bonds. The highest BCUT2D eigenvalue weighted by Crippen LogP contribution is 2.21. The molecular weight excluding hydrogens is 238 g/mol. The second kappa shape index (κ2) is 5.38. The third-order valence-electron chi connectivity index (χ3n) is 3.35. The molecule has 0 bridgehead atoms. The Morgan fingerprint density at radius 3 is 2.89 bits per heavy atom. The van der Waals surface area contributed by atoms with Gasteiger partial charge in [0.15, 0.2) is 0 Å². The lowest BCUT2D eigenvalue weighted by atomic mass is 10.0. The second-order valence-corrected chi connectivity index (χ2v) is 4.90. The topological polar surface area (TPSA) is 52.2 Å². The Morgan fingerprint density at radius 2 is 2.16 bits per heavy atom. The fourth-order valence-corrected chi connectivity index (χ4v) is 2.48. The van der Waals surface area contributed by atoms with Crippen molar-refractivity contribution in [2.75, 3.05) is 13.1 Å². The molecule has 1 unspecified atom stereocenters. The second-order valence-electron chi connectivity index (χ2n) is 4.90. The highest BCUT2D eigenvalue weighted by molar-refractivity contribution is 5.67. The average molecular weight is 255 g/mol. The minimum atomic E-state index is -0.414. The van der Waals surface area contributed by atoms with Gasteiger partial charge in [0.2, 0.25) is 0 Å². The molecule has 4 nitrogen and oxygen atoms in total. The molecule has 19 heavy (non-hydrogen) atoms. The number of rotatable bonds is 3. The monoisotopic (exact) mass is 255 g/mol. The Hall–Kier alpha value is -1.91. The van der Waals surface area contributed by atoms with Crippen molar-refractivity contribution in [3.05, 3.63) is 59.9 Å². The number of β-amino-alcohol motifs (C(OH)–C–C–N with tert-alkyl or cyclic N) is 1. The molecule has 0 saturated carbocycles. The molecule has 0 spiro atoms. The van der Waals surface area contributed by atoms with Crippen molar-refractivity contribution in [2.24, 2.45) is 0 Å². The van der Waals surface area contributed by atoms with E-state index < -0.39 is 6.10 Å². The molecule has 1 aliphatic rings. The van der Waals surface area contributed by atoms with E-state index in [1.807, 2.05) is 30.5 Å². The summed E-state index contributed by atoms with van der Waals surface area (Å²) in [5.41, 5.74) is 3.45. The number of nitrogens with one attached hydrogen (secondary N) is 1. The van der Waals surface area contributed by atoms with Gasteiger partial charge in [0.05, 0.1) is 12.3 Å². The first kappa shape index (κ1) is 12.1. The maximum atomic E-state index is 9.98. The van der Waals surface area contributed by atoms with Gasteiger partial charge >= 0.3 is 0 Å². The van der Waals surface area contributed by atoms with Gasteiger partial charge in [-0.2, -0.15) is 5.10 Å². The molecule has 2 aromatic rings. The maximum Gasteiger partial charge on any atom is 0.0854 e. The smallest absolute Gasteiger partial charge is 0.0854 e. The predicted octanol–water partition coefficient (Wildman–Crippen LogP) is 1.67. The molecule has 1 aromatic heterocycles. The van der Waals surface area contributed by atoms with E-state index in [0.717, 1.165) is 24.2 Å². The van der Waals surface area contributed by atoms with Crippen LogP contribution in [0.25, 0.3) is 5.57 Å². The first-order valence-corrected chi connectivity index (χ1v) is 6.45. The molecule has 3 rings (SSSR count). The normalized spacial score (nSPS) is 20.3. The number of nitrogens with zero attached hydrogens (tertiary/aromatic N) is 2. The lowest BCUT2D eigenvalue weighted by Crippen LogP contribution is -2.36. The summed E-state index contributed by atoms with van der Waals surface area (Å²) in [6.45, 7) is 2.37. The predicted molar refractivity (Wildman–Crippen MR) is 74.3 cm³/mol. The van der Waals surface area contributed by atoms with Gasteiger partial charge in [-0.25, -0.2) is 0 Å². The van der Waals surface area contributed by atoms with Crippen molar-refractivity contribution in [2.45, 2.75) is 12.6 Å². The number of aliphatic hydroxyl groups excluding tert-OH is 1. The van der Waals surface area contributed by atoms with Gasteiger partial charge in [-0.3, -0.25) is 10.00 Å². The van der Waals surface area contributed by atoms with Gasteiger partial charge in [0, 0.05) is 31.4 Å². The summed E-state index contributed by atoms with van der Waals surface area (Å²) in [5, 5.41) is 16.8. The molecule has 2 heterocycles. The summed E-state index contributed by atoms with van der Waals surface area (Å²) >= 11 is 0. The fraction of sp³-hybridized carbons (Fsp3) is 0.267. The van der Waals surface area contributed by atoms with Crippen LogP contribution >= 0.6 is 0 Å². The maximum absolute atomic E-state index is 9.98. The summed E-state index contributed by atoms with van der Waals surface area (Å²) < 4.78 is 0. The molecular formula is C15H17N3O. The van der Waals surface area contributed by atoms with E-state index in [1.165, 1.54) is 5.56 Å². The first-order valence-electron chi connectivity index (χ1n) is 6.45. The number of hydrogen-bond donors (Lipinski definition) is 2. The number of aromatic nitrogens is 2. The van der Waals surface area contributed by atoms with Crippen molar-refractivity contribution in [1.29, 1.82) is 0 Å². The van der Waals surface area contributed by atoms with E-state index in [1.54, 1.807) is 6.20 Å². The zero-order valence-corrected chi connectivity index (χ0v) is 10.7. The molecule has 0 saturated heterocycles. The van der Waals surface area contributed by atoms with E-state index in [-0.39, 0.29) is 0 Å². The number of hydrogen-bond acceptors (Lipinski definition) is 3. The fourth-order valence-electron chi connectivity index (χ4n) is 2.48. The van der Waals surface area contributed by atoms with Crippen LogP contribution in [-0.2, 0) is 6.54 Å². The van der Waals surface area contributed by atoms with Gasteiger partial charge < -0.3 is 5.11 Å². The van der Waals surface area contributed by atoms with Crippen molar-refractivity contribution in [3.63, 3.8) is 0 Å². The first-order chi connectivity index (χ1) is 9.31. The molecule has 1 aromatic carbocycles. The Kier molecular flexibility index (Phi) is 3.44. The SMILES string of the molecule is OC1C=C(c2cn[nH]c2)CN(Cc2ccccc2)C1. The molecule has 4 heteroatoms. The number of aliphatic hydroxyl groups is 1. The van der Waals surface area contributed by atoms with Crippen LogP contribution in [0.1, 0.15) is 11.1 Å². The van der Waals surface area contributed by atoms with E-state index in [0.29, 0.717) is 6.54 Å². The van der Waals surface area contributed by atoms with Crippen LogP contribution in [-0.4, -0.2) is 39.4 Å². The lowest BCUT2D eigenvalue weighted by molar-refractivity contribution is 0.143. The summed E-state index contributed by atoms with van der Waals surface area (Å²) in [4.78, 5) is 2.25. The van der Waals surface area contributed by atoms with Crippen LogP contribution in [0, 0.1) is 0 Å². The van der Waals surface area contributed by atoms with Crippen molar-refractivity contribution in [3.8, 4) is 0 Å². The van der Waals surface area contributed by atoms with Crippen LogP contribution in [0.3, 0.4) is 0 Å². The largest absolute Gasteiger partial charge is 0.388 e.